The van der Waals surface area contributed by atoms with Crippen molar-refractivity contribution < 1.29 is 9.21 Å². The van der Waals surface area contributed by atoms with Crippen LogP contribution in [0.1, 0.15) is 57.9 Å². The minimum absolute atomic E-state index is 0.110. The van der Waals surface area contributed by atoms with Gasteiger partial charge in [0.1, 0.15) is 0 Å². The van der Waals surface area contributed by atoms with Crippen molar-refractivity contribution in [1.82, 2.24) is 10.6 Å². The molecule has 2 aliphatic carbocycles. The zero-order valence-corrected chi connectivity index (χ0v) is 16.6. The van der Waals surface area contributed by atoms with E-state index in [1.165, 1.54) is 24.0 Å². The second-order valence-electron chi connectivity index (χ2n) is 8.83. The Balaban J connectivity index is 1.79. The van der Waals surface area contributed by atoms with E-state index in [4.69, 9.17) is 4.42 Å². The van der Waals surface area contributed by atoms with Crippen molar-refractivity contribution in [2.24, 2.45) is 17.3 Å². The first-order valence-corrected chi connectivity index (χ1v) is 10.0. The van der Waals surface area contributed by atoms with Gasteiger partial charge in [-0.25, -0.2) is 0 Å². The average molecular weight is 359 g/mol. The van der Waals surface area contributed by atoms with Gasteiger partial charge in [-0.05, 0) is 81.4 Å². The number of likely N-dealkylation sites (N-methyl/N-ethyl adjacent to an activating group) is 1. The molecule has 0 aliphatic heterocycles. The molecule has 0 aromatic carbocycles. The number of aryl methyl sites for hydroxylation is 1. The minimum Gasteiger partial charge on any atom is -0.472 e. The van der Waals surface area contributed by atoms with Crippen molar-refractivity contribution in [2.75, 3.05) is 13.6 Å². The third-order valence-electron chi connectivity index (χ3n) is 7.08. The summed E-state index contributed by atoms with van der Waals surface area (Å²) in [4.78, 5) is 12.3. The fourth-order valence-corrected chi connectivity index (χ4v) is 5.90. The number of carbonyl (C=O) groups excluding carboxylic acids is 1. The molecule has 2 N–H and O–H groups in total. The Labute approximate surface area is 157 Å². The summed E-state index contributed by atoms with van der Waals surface area (Å²) in [6.45, 7) is 9.55. The normalized spacial score (nSPS) is 34.3. The second-order valence-corrected chi connectivity index (χ2v) is 8.83. The molecule has 1 amide bonds. The monoisotopic (exact) mass is 358 g/mol. The van der Waals surface area contributed by atoms with E-state index < -0.39 is 0 Å². The first-order valence-electron chi connectivity index (χ1n) is 10.0. The number of hydrogen-bond donors (Lipinski definition) is 2. The Hall–Kier alpha value is -1.55. The van der Waals surface area contributed by atoms with Crippen molar-refractivity contribution in [2.45, 2.75) is 64.3 Å². The van der Waals surface area contributed by atoms with Crippen LogP contribution in [0.3, 0.4) is 0 Å². The van der Waals surface area contributed by atoms with Gasteiger partial charge in [0.2, 0.25) is 5.91 Å². The summed E-state index contributed by atoms with van der Waals surface area (Å²) < 4.78 is 5.24. The molecule has 1 heterocycles. The molecule has 2 fully saturated rings. The van der Waals surface area contributed by atoms with Gasteiger partial charge in [-0.15, -0.1) is 0 Å². The Morgan fingerprint density at radius 1 is 1.38 bits per heavy atom. The van der Waals surface area contributed by atoms with E-state index >= 15 is 0 Å². The lowest BCUT2D eigenvalue weighted by atomic mass is 9.49. The third-order valence-corrected chi connectivity index (χ3v) is 7.08. The van der Waals surface area contributed by atoms with Gasteiger partial charge in [0.25, 0.3) is 0 Å². The first kappa shape index (κ1) is 19.2. The number of carbonyl (C=O) groups is 1. The van der Waals surface area contributed by atoms with Gasteiger partial charge in [0, 0.05) is 5.54 Å². The summed E-state index contributed by atoms with van der Waals surface area (Å²) in [6, 6.07) is 2.06. The number of furan rings is 1. The number of fused-ring (bicyclic) bond motifs is 1. The van der Waals surface area contributed by atoms with E-state index in [0.717, 1.165) is 32.1 Å². The molecule has 2 aliphatic rings. The number of hydrogen-bond acceptors (Lipinski definition) is 3. The molecule has 0 unspecified atom stereocenters. The third kappa shape index (κ3) is 3.62. The lowest BCUT2D eigenvalue weighted by molar-refractivity contribution is -0.125. The molecule has 0 spiro atoms. The Bertz CT molecular complexity index is 639. The minimum atomic E-state index is -0.116. The maximum absolute atomic E-state index is 12.3. The highest BCUT2D eigenvalue weighted by molar-refractivity contribution is 5.78. The fraction of sp³-hybridized carbons (Fsp3) is 0.682. The molecular formula is C22H34N2O2. The van der Waals surface area contributed by atoms with Crippen molar-refractivity contribution in [3.05, 3.63) is 36.3 Å². The number of nitrogens with one attached hydrogen (secondary N) is 2. The number of amides is 1. The van der Waals surface area contributed by atoms with Gasteiger partial charge in [-0.3, -0.25) is 4.79 Å². The fourth-order valence-electron chi connectivity index (χ4n) is 5.90. The molecule has 0 bridgehead atoms. The summed E-state index contributed by atoms with van der Waals surface area (Å²) in [5.41, 5.74) is 2.76. The topological polar surface area (TPSA) is 54.3 Å². The first-order chi connectivity index (χ1) is 12.4. The van der Waals surface area contributed by atoms with E-state index in [0.29, 0.717) is 18.4 Å². The lowest BCUT2D eigenvalue weighted by Crippen LogP contribution is -2.62. The van der Waals surface area contributed by atoms with Gasteiger partial charge < -0.3 is 15.1 Å². The van der Waals surface area contributed by atoms with Crippen molar-refractivity contribution >= 4 is 5.91 Å². The molecule has 144 valence electrons. The molecular weight excluding hydrogens is 324 g/mol. The molecule has 1 aromatic heterocycles. The zero-order chi connectivity index (χ0) is 18.8. The van der Waals surface area contributed by atoms with Gasteiger partial charge >= 0.3 is 0 Å². The maximum atomic E-state index is 12.3. The maximum Gasteiger partial charge on any atom is 0.234 e. The van der Waals surface area contributed by atoms with E-state index in [1.54, 1.807) is 6.26 Å². The predicted molar refractivity (Wildman–Crippen MR) is 105 cm³/mol. The summed E-state index contributed by atoms with van der Waals surface area (Å²) in [5.74, 6) is 1.12. The standard InChI is InChI=1S/C22H34N2O2/c1-16-6-9-19-21(2,18(16)8-7-17-10-13-26-15-17)11-5-12-22(19,3)24-20(25)14-23-4/h10,13,15,18-19,23H,1,5-9,11-12,14H2,2-4H3,(H,24,25)/t18-,19+,21+,22-/m0/s1. The van der Waals surface area contributed by atoms with E-state index in [2.05, 4.69) is 37.1 Å². The Morgan fingerprint density at radius 2 is 2.19 bits per heavy atom. The van der Waals surface area contributed by atoms with Gasteiger partial charge in [-0.2, -0.15) is 0 Å². The number of allylic oxidation sites excluding steroid dienone is 1. The molecule has 4 nitrogen and oxygen atoms in total. The quantitative estimate of drug-likeness (QED) is 0.754. The van der Waals surface area contributed by atoms with Crippen LogP contribution in [0.25, 0.3) is 0 Å². The average Bonchev–Trinajstić information content (AvgIpc) is 3.07. The van der Waals surface area contributed by atoms with Crippen LogP contribution in [-0.4, -0.2) is 25.0 Å². The largest absolute Gasteiger partial charge is 0.472 e. The van der Waals surface area contributed by atoms with E-state index in [1.807, 2.05) is 13.3 Å². The highest BCUT2D eigenvalue weighted by Crippen LogP contribution is 2.59. The summed E-state index contributed by atoms with van der Waals surface area (Å²) in [5, 5.41) is 6.35. The molecule has 26 heavy (non-hydrogen) atoms. The van der Waals surface area contributed by atoms with Crippen LogP contribution in [0.2, 0.25) is 0 Å². The number of rotatable bonds is 6. The highest BCUT2D eigenvalue weighted by atomic mass is 16.3. The molecule has 1 aromatic rings. The second kappa shape index (κ2) is 7.59. The van der Waals surface area contributed by atoms with Crippen LogP contribution in [-0.2, 0) is 11.2 Å². The van der Waals surface area contributed by atoms with Crippen LogP contribution in [0.4, 0.5) is 0 Å². The Morgan fingerprint density at radius 3 is 2.88 bits per heavy atom. The summed E-state index contributed by atoms with van der Waals surface area (Å²) in [7, 11) is 1.82. The van der Waals surface area contributed by atoms with Gasteiger partial charge in [0.05, 0.1) is 19.1 Å². The van der Waals surface area contributed by atoms with Crippen molar-refractivity contribution in [3.63, 3.8) is 0 Å². The van der Waals surface area contributed by atoms with Gasteiger partial charge in [0.15, 0.2) is 0 Å². The predicted octanol–water partition coefficient (Wildman–Crippen LogP) is 4.08. The van der Waals surface area contributed by atoms with Crippen LogP contribution in [0, 0.1) is 17.3 Å². The SMILES string of the molecule is C=C1CC[C@@H]2[C@](C)(CCC[C@]2(C)NC(=O)CNC)[C@H]1CCc1ccoc1. The van der Waals surface area contributed by atoms with E-state index in [-0.39, 0.29) is 16.9 Å². The molecule has 2 saturated carbocycles. The summed E-state index contributed by atoms with van der Waals surface area (Å²) >= 11 is 0. The van der Waals surface area contributed by atoms with Crippen LogP contribution in [0.15, 0.2) is 35.2 Å². The van der Waals surface area contributed by atoms with E-state index in [9.17, 15) is 4.79 Å². The molecule has 4 atom stereocenters. The zero-order valence-electron chi connectivity index (χ0n) is 16.6. The van der Waals surface area contributed by atoms with Crippen molar-refractivity contribution in [1.29, 1.82) is 0 Å². The molecule has 0 radical (unpaired) electrons. The van der Waals surface area contributed by atoms with Crippen LogP contribution >= 0.6 is 0 Å². The lowest BCUT2D eigenvalue weighted by Gasteiger charge is -2.59. The molecule has 3 rings (SSSR count). The molecule has 0 saturated heterocycles. The van der Waals surface area contributed by atoms with Crippen LogP contribution in [0.5, 0.6) is 0 Å². The molecule has 4 heteroatoms. The smallest absolute Gasteiger partial charge is 0.234 e. The summed E-state index contributed by atoms with van der Waals surface area (Å²) in [6.07, 6.45) is 11.4. The van der Waals surface area contributed by atoms with Crippen molar-refractivity contribution in [3.8, 4) is 0 Å². The van der Waals surface area contributed by atoms with Gasteiger partial charge in [-0.1, -0.05) is 25.5 Å². The van der Waals surface area contributed by atoms with Crippen LogP contribution < -0.4 is 10.6 Å². The Kier molecular flexibility index (Phi) is 5.61. The highest BCUT2D eigenvalue weighted by Gasteiger charge is 2.54.